The minimum Gasteiger partial charge on any atom is -0.376 e. The van der Waals surface area contributed by atoms with Gasteiger partial charge in [-0.2, -0.15) is 5.10 Å². The molecule has 0 radical (unpaired) electrons. The van der Waals surface area contributed by atoms with Gasteiger partial charge in [0, 0.05) is 19.3 Å². The monoisotopic (exact) mass is 307 g/mol. The zero-order chi connectivity index (χ0) is 15.8. The Morgan fingerprint density at radius 2 is 1.76 bits per heavy atom. The summed E-state index contributed by atoms with van der Waals surface area (Å²) in [5, 5.41) is 7.82. The van der Waals surface area contributed by atoms with Crippen LogP contribution in [0.4, 0.5) is 5.69 Å². The molecule has 0 fully saturated rings. The molecule has 0 bridgehead atoms. The van der Waals surface area contributed by atoms with Gasteiger partial charge in [0.2, 0.25) is 0 Å². The topological polar surface area (TPSA) is 64.0 Å². The Bertz CT molecular complexity index is 746. The van der Waals surface area contributed by atoms with E-state index in [4.69, 9.17) is 0 Å². The summed E-state index contributed by atoms with van der Waals surface area (Å²) >= 11 is 0. The van der Waals surface area contributed by atoms with Crippen molar-refractivity contribution in [3.05, 3.63) is 41.2 Å². The first-order chi connectivity index (χ1) is 9.70. The fraction of sp³-hybridized carbons (Fsp3) is 0.400. The maximum absolute atomic E-state index is 11.5. The van der Waals surface area contributed by atoms with Crippen molar-refractivity contribution < 1.29 is 8.42 Å². The predicted octanol–water partition coefficient (Wildman–Crippen LogP) is 2.61. The zero-order valence-corrected chi connectivity index (χ0v) is 13.8. The number of nitrogens with zero attached hydrogens (tertiary/aromatic N) is 2. The quantitative estimate of drug-likeness (QED) is 0.943. The second-order valence-electron chi connectivity index (χ2n) is 5.38. The Hall–Kier alpha value is -1.82. The highest BCUT2D eigenvalue weighted by atomic mass is 32.2. The summed E-state index contributed by atoms with van der Waals surface area (Å²) in [4.78, 5) is 0.340. The van der Waals surface area contributed by atoms with Crippen LogP contribution in [0.15, 0.2) is 29.2 Å². The van der Waals surface area contributed by atoms with E-state index < -0.39 is 9.84 Å². The van der Waals surface area contributed by atoms with Crippen LogP contribution in [0.2, 0.25) is 0 Å². The van der Waals surface area contributed by atoms with E-state index in [2.05, 4.69) is 10.4 Å². The minimum atomic E-state index is -3.15. The van der Waals surface area contributed by atoms with E-state index in [1.54, 1.807) is 12.1 Å². The number of nitrogens with one attached hydrogen (secondary N) is 1. The molecule has 1 aromatic heterocycles. The van der Waals surface area contributed by atoms with Crippen molar-refractivity contribution in [3.63, 3.8) is 0 Å². The van der Waals surface area contributed by atoms with Gasteiger partial charge in [0.05, 0.1) is 22.0 Å². The average molecular weight is 307 g/mol. The third-order valence-electron chi connectivity index (χ3n) is 3.68. The average Bonchev–Trinajstić information content (AvgIpc) is 2.64. The van der Waals surface area contributed by atoms with Gasteiger partial charge in [-0.05, 0) is 38.5 Å². The van der Waals surface area contributed by atoms with Crippen LogP contribution in [0.5, 0.6) is 0 Å². The number of anilines is 1. The number of rotatable bonds is 4. The third kappa shape index (κ3) is 3.26. The van der Waals surface area contributed by atoms with Crippen LogP contribution in [-0.2, 0) is 16.9 Å². The lowest BCUT2D eigenvalue weighted by atomic mass is 10.1. The van der Waals surface area contributed by atoms with E-state index in [0.29, 0.717) is 4.90 Å². The molecular formula is C15H21N3O2S. The number of sulfone groups is 1. The van der Waals surface area contributed by atoms with Crippen molar-refractivity contribution in [2.45, 2.75) is 31.7 Å². The van der Waals surface area contributed by atoms with Gasteiger partial charge in [-0.25, -0.2) is 8.42 Å². The molecule has 0 spiro atoms. The van der Waals surface area contributed by atoms with E-state index in [-0.39, 0.29) is 6.04 Å². The molecule has 1 atom stereocenters. The molecule has 1 unspecified atom stereocenters. The maximum atomic E-state index is 11.5. The van der Waals surface area contributed by atoms with E-state index in [1.807, 2.05) is 44.6 Å². The van der Waals surface area contributed by atoms with Crippen LogP contribution in [0.3, 0.4) is 0 Å². The van der Waals surface area contributed by atoms with Crippen LogP contribution in [0.25, 0.3) is 0 Å². The minimum absolute atomic E-state index is 0.0696. The molecule has 2 rings (SSSR count). The van der Waals surface area contributed by atoms with Crippen molar-refractivity contribution in [3.8, 4) is 0 Å². The largest absolute Gasteiger partial charge is 0.376 e. The molecule has 21 heavy (non-hydrogen) atoms. The molecule has 1 aromatic carbocycles. The molecule has 6 heteroatoms. The summed E-state index contributed by atoms with van der Waals surface area (Å²) in [5.74, 6) is 0. The summed E-state index contributed by atoms with van der Waals surface area (Å²) in [6.45, 7) is 6.03. The summed E-state index contributed by atoms with van der Waals surface area (Å²) in [6.07, 6.45) is 1.21. The molecule has 0 aliphatic carbocycles. The van der Waals surface area contributed by atoms with Gasteiger partial charge in [-0.1, -0.05) is 12.1 Å². The molecule has 0 saturated carbocycles. The van der Waals surface area contributed by atoms with Crippen molar-refractivity contribution in [2.24, 2.45) is 7.05 Å². The number of hydrogen-bond donors (Lipinski definition) is 1. The predicted molar refractivity (Wildman–Crippen MR) is 84.3 cm³/mol. The van der Waals surface area contributed by atoms with Crippen molar-refractivity contribution in [1.82, 2.24) is 9.78 Å². The van der Waals surface area contributed by atoms with Gasteiger partial charge in [0.15, 0.2) is 9.84 Å². The molecule has 1 heterocycles. The van der Waals surface area contributed by atoms with E-state index in [0.717, 1.165) is 22.6 Å². The number of aromatic nitrogens is 2. The molecule has 114 valence electrons. The van der Waals surface area contributed by atoms with Gasteiger partial charge in [-0.15, -0.1) is 0 Å². The van der Waals surface area contributed by atoms with Gasteiger partial charge in [-0.3, -0.25) is 4.68 Å². The fourth-order valence-corrected chi connectivity index (χ4v) is 2.92. The second-order valence-corrected chi connectivity index (χ2v) is 7.39. The Labute approximate surface area is 125 Å². The second kappa shape index (κ2) is 5.52. The normalized spacial score (nSPS) is 13.2. The van der Waals surface area contributed by atoms with Crippen LogP contribution in [0, 0.1) is 13.8 Å². The molecular weight excluding hydrogens is 286 g/mol. The highest BCUT2D eigenvalue weighted by Gasteiger charge is 2.14. The maximum Gasteiger partial charge on any atom is 0.175 e. The smallest absolute Gasteiger partial charge is 0.175 e. The van der Waals surface area contributed by atoms with Crippen molar-refractivity contribution >= 4 is 15.5 Å². The molecule has 2 aromatic rings. The van der Waals surface area contributed by atoms with Crippen LogP contribution in [0.1, 0.15) is 29.9 Å². The highest BCUT2D eigenvalue weighted by Crippen LogP contribution is 2.25. The lowest BCUT2D eigenvalue weighted by Crippen LogP contribution is -2.08. The van der Waals surface area contributed by atoms with E-state index in [9.17, 15) is 8.42 Å². The molecule has 1 N–H and O–H groups in total. The van der Waals surface area contributed by atoms with Gasteiger partial charge in [0.1, 0.15) is 0 Å². The van der Waals surface area contributed by atoms with Gasteiger partial charge >= 0.3 is 0 Å². The van der Waals surface area contributed by atoms with Crippen LogP contribution in [-0.4, -0.2) is 24.5 Å². The molecule has 0 aliphatic heterocycles. The third-order valence-corrected chi connectivity index (χ3v) is 4.81. The number of benzene rings is 1. The first kappa shape index (κ1) is 15.6. The first-order valence-electron chi connectivity index (χ1n) is 6.77. The fourth-order valence-electron chi connectivity index (χ4n) is 2.29. The Kier molecular flexibility index (Phi) is 4.09. The van der Waals surface area contributed by atoms with Crippen LogP contribution < -0.4 is 5.32 Å². The summed E-state index contributed by atoms with van der Waals surface area (Å²) < 4.78 is 24.8. The SMILES string of the molecule is Cc1nn(C)c(C)c1NC(C)c1ccc(S(C)(=O)=O)cc1. The van der Waals surface area contributed by atoms with E-state index >= 15 is 0 Å². The first-order valence-corrected chi connectivity index (χ1v) is 8.66. The number of hydrogen-bond acceptors (Lipinski definition) is 4. The number of aryl methyl sites for hydroxylation is 2. The molecule has 5 nitrogen and oxygen atoms in total. The van der Waals surface area contributed by atoms with Crippen molar-refractivity contribution in [2.75, 3.05) is 11.6 Å². The van der Waals surface area contributed by atoms with Gasteiger partial charge < -0.3 is 5.32 Å². The molecule has 0 saturated heterocycles. The van der Waals surface area contributed by atoms with E-state index in [1.165, 1.54) is 6.26 Å². The molecule has 0 amide bonds. The summed E-state index contributed by atoms with van der Waals surface area (Å²) in [6, 6.07) is 7.04. The van der Waals surface area contributed by atoms with Gasteiger partial charge in [0.25, 0.3) is 0 Å². The highest BCUT2D eigenvalue weighted by molar-refractivity contribution is 7.90. The summed E-state index contributed by atoms with van der Waals surface area (Å²) in [7, 11) is -1.23. The standard InChI is InChI=1S/C15H21N3O2S/c1-10(16-15-11(2)17-18(4)12(15)3)13-6-8-14(9-7-13)21(5,19)20/h6-10,16H,1-5H3. The van der Waals surface area contributed by atoms with Crippen molar-refractivity contribution in [1.29, 1.82) is 0 Å². The lowest BCUT2D eigenvalue weighted by Gasteiger charge is -2.16. The Morgan fingerprint density at radius 3 is 2.19 bits per heavy atom. The zero-order valence-electron chi connectivity index (χ0n) is 13.0. The lowest BCUT2D eigenvalue weighted by molar-refractivity contribution is 0.602. The Morgan fingerprint density at radius 1 is 1.19 bits per heavy atom. The molecule has 0 aliphatic rings. The van der Waals surface area contributed by atoms with Crippen LogP contribution >= 0.6 is 0 Å². The summed E-state index contributed by atoms with van der Waals surface area (Å²) in [5.41, 5.74) is 4.09. The Balaban J connectivity index is 2.23.